The van der Waals surface area contributed by atoms with Gasteiger partial charge in [0.25, 0.3) is 0 Å². The summed E-state index contributed by atoms with van der Waals surface area (Å²) in [5, 5.41) is 4.48. The molecule has 2 aromatic rings. The number of benzene rings is 1. The molecule has 1 aromatic carbocycles. The van der Waals surface area contributed by atoms with Gasteiger partial charge in [0.1, 0.15) is 0 Å². The number of hydrogen-bond acceptors (Lipinski definition) is 3. The van der Waals surface area contributed by atoms with Crippen LogP contribution in [0.1, 0.15) is 31.9 Å². The maximum atomic E-state index is 11.6. The molecule has 0 aliphatic rings. The molecule has 4 nitrogen and oxygen atoms in total. The quantitative estimate of drug-likeness (QED) is 0.919. The van der Waals surface area contributed by atoms with Crippen LogP contribution in [-0.4, -0.2) is 23.2 Å². The standard InChI is InChI=1S/C17H21ClN2O2/c1-11-14(18)12(10-13-6-5-8-19-15(11)13)7-9-22-16(21)20-17(2,3)4/h5-6,8,10H,7,9H2,1-4H3,(H,20,21). The number of carbonyl (C=O) groups is 1. The summed E-state index contributed by atoms with van der Waals surface area (Å²) in [5.74, 6) is 0. The maximum absolute atomic E-state index is 11.6. The molecule has 22 heavy (non-hydrogen) atoms. The number of halogens is 1. The predicted molar refractivity (Wildman–Crippen MR) is 89.4 cm³/mol. The monoisotopic (exact) mass is 320 g/mol. The summed E-state index contributed by atoms with van der Waals surface area (Å²) in [6, 6.07) is 5.90. The van der Waals surface area contributed by atoms with E-state index in [2.05, 4.69) is 10.3 Å². The molecule has 0 spiro atoms. The molecule has 5 heteroatoms. The van der Waals surface area contributed by atoms with Crippen molar-refractivity contribution in [2.24, 2.45) is 0 Å². The zero-order valence-corrected chi connectivity index (χ0v) is 14.1. The fourth-order valence-corrected chi connectivity index (χ4v) is 2.46. The van der Waals surface area contributed by atoms with Crippen molar-refractivity contribution < 1.29 is 9.53 Å². The van der Waals surface area contributed by atoms with Gasteiger partial charge in [-0.15, -0.1) is 0 Å². The lowest BCUT2D eigenvalue weighted by atomic mass is 10.0. The van der Waals surface area contributed by atoms with Gasteiger partial charge >= 0.3 is 6.09 Å². The van der Waals surface area contributed by atoms with E-state index in [0.717, 1.165) is 22.0 Å². The number of fused-ring (bicyclic) bond motifs is 1. The van der Waals surface area contributed by atoms with E-state index in [-0.39, 0.29) is 12.1 Å². The minimum absolute atomic E-state index is 0.285. The van der Waals surface area contributed by atoms with Crippen LogP contribution in [0.4, 0.5) is 4.79 Å². The van der Waals surface area contributed by atoms with E-state index in [4.69, 9.17) is 16.3 Å². The zero-order chi connectivity index (χ0) is 16.3. The number of ether oxygens (including phenoxy) is 1. The Bertz CT molecular complexity index is 693. The highest BCUT2D eigenvalue weighted by molar-refractivity contribution is 6.33. The molecule has 1 N–H and O–H groups in total. The van der Waals surface area contributed by atoms with Gasteiger partial charge in [0.05, 0.1) is 12.1 Å². The minimum atomic E-state index is -0.414. The minimum Gasteiger partial charge on any atom is -0.449 e. The Hall–Kier alpha value is -1.81. The summed E-state index contributed by atoms with van der Waals surface area (Å²) >= 11 is 6.40. The summed E-state index contributed by atoms with van der Waals surface area (Å²) in [6.07, 6.45) is 1.91. The van der Waals surface area contributed by atoms with Gasteiger partial charge in [-0.2, -0.15) is 0 Å². The third-order valence-corrected chi connectivity index (χ3v) is 3.74. The van der Waals surface area contributed by atoms with Crippen LogP contribution in [-0.2, 0) is 11.2 Å². The van der Waals surface area contributed by atoms with Crippen LogP contribution in [0, 0.1) is 6.92 Å². The Labute approximate surface area is 135 Å². The number of nitrogens with one attached hydrogen (secondary N) is 1. The van der Waals surface area contributed by atoms with E-state index in [1.54, 1.807) is 6.20 Å². The smallest absolute Gasteiger partial charge is 0.407 e. The van der Waals surface area contributed by atoms with Crippen molar-refractivity contribution in [3.05, 3.63) is 40.5 Å². The molecular weight excluding hydrogens is 300 g/mol. The van der Waals surface area contributed by atoms with Crippen LogP contribution in [0.5, 0.6) is 0 Å². The van der Waals surface area contributed by atoms with Crippen molar-refractivity contribution >= 4 is 28.6 Å². The number of hydrogen-bond donors (Lipinski definition) is 1. The summed E-state index contributed by atoms with van der Waals surface area (Å²) in [5.41, 5.74) is 2.51. The predicted octanol–water partition coefficient (Wildman–Crippen LogP) is 4.26. The Morgan fingerprint density at radius 3 is 2.82 bits per heavy atom. The molecule has 118 valence electrons. The van der Waals surface area contributed by atoms with Gasteiger partial charge in [0.15, 0.2) is 0 Å². The van der Waals surface area contributed by atoms with Crippen molar-refractivity contribution in [1.82, 2.24) is 10.3 Å². The summed E-state index contributed by atoms with van der Waals surface area (Å²) < 4.78 is 5.20. The molecule has 1 amide bonds. The number of rotatable bonds is 3. The molecule has 1 heterocycles. The van der Waals surface area contributed by atoms with Crippen LogP contribution < -0.4 is 5.32 Å². The lowest BCUT2D eigenvalue weighted by Gasteiger charge is -2.20. The summed E-state index contributed by atoms with van der Waals surface area (Å²) in [6.45, 7) is 7.96. The topological polar surface area (TPSA) is 51.2 Å². The van der Waals surface area contributed by atoms with Gasteiger partial charge in [-0.25, -0.2) is 4.79 Å². The second-order valence-corrected chi connectivity index (χ2v) is 6.69. The number of carbonyl (C=O) groups excluding carboxylic acids is 1. The molecule has 0 bridgehead atoms. The average Bonchev–Trinajstić information content (AvgIpc) is 2.42. The third-order valence-electron chi connectivity index (χ3n) is 3.22. The van der Waals surface area contributed by atoms with Crippen molar-refractivity contribution in [1.29, 1.82) is 0 Å². The van der Waals surface area contributed by atoms with Gasteiger partial charge in [-0.3, -0.25) is 4.98 Å². The molecule has 0 aliphatic heterocycles. The van der Waals surface area contributed by atoms with Crippen LogP contribution in [0.3, 0.4) is 0 Å². The molecule has 0 atom stereocenters. The first kappa shape index (κ1) is 16.6. The fraction of sp³-hybridized carbons (Fsp3) is 0.412. The summed E-state index contributed by atoms with van der Waals surface area (Å²) in [7, 11) is 0. The number of nitrogens with zero attached hydrogens (tertiary/aromatic N) is 1. The van der Waals surface area contributed by atoms with Gasteiger partial charge in [-0.05, 0) is 51.0 Å². The summed E-state index contributed by atoms with van der Waals surface area (Å²) in [4.78, 5) is 16.0. The first-order valence-electron chi connectivity index (χ1n) is 7.25. The first-order valence-corrected chi connectivity index (χ1v) is 7.63. The van der Waals surface area contributed by atoms with E-state index in [1.807, 2.05) is 45.9 Å². The molecule has 0 radical (unpaired) electrons. The third kappa shape index (κ3) is 4.10. The number of amides is 1. The number of pyridine rings is 1. The second kappa shape index (κ2) is 6.53. The van der Waals surface area contributed by atoms with E-state index in [1.165, 1.54) is 0 Å². The molecule has 0 saturated heterocycles. The molecule has 1 aromatic heterocycles. The van der Waals surface area contributed by atoms with E-state index in [0.29, 0.717) is 11.4 Å². The second-order valence-electron chi connectivity index (χ2n) is 6.31. The lowest BCUT2D eigenvalue weighted by Crippen LogP contribution is -2.41. The van der Waals surface area contributed by atoms with Crippen LogP contribution in [0.2, 0.25) is 5.02 Å². The van der Waals surface area contributed by atoms with Crippen LogP contribution in [0.15, 0.2) is 24.4 Å². The van der Waals surface area contributed by atoms with Crippen molar-refractivity contribution in [3.63, 3.8) is 0 Å². The molecule has 0 fully saturated rings. The van der Waals surface area contributed by atoms with Gasteiger partial charge < -0.3 is 10.1 Å². The van der Waals surface area contributed by atoms with E-state index in [9.17, 15) is 4.79 Å². The SMILES string of the molecule is Cc1c(Cl)c(CCOC(=O)NC(C)(C)C)cc2cccnc12. The first-order chi connectivity index (χ1) is 10.3. The number of aryl methyl sites for hydroxylation is 1. The van der Waals surface area contributed by atoms with Crippen molar-refractivity contribution in [2.75, 3.05) is 6.61 Å². The number of alkyl carbamates (subject to hydrolysis) is 1. The Morgan fingerprint density at radius 1 is 1.41 bits per heavy atom. The van der Waals surface area contributed by atoms with Crippen molar-refractivity contribution in [2.45, 2.75) is 39.7 Å². The zero-order valence-electron chi connectivity index (χ0n) is 13.4. The normalized spacial score (nSPS) is 11.5. The molecular formula is C17H21ClN2O2. The van der Waals surface area contributed by atoms with E-state index >= 15 is 0 Å². The molecule has 0 saturated carbocycles. The number of aromatic nitrogens is 1. The maximum Gasteiger partial charge on any atom is 0.407 e. The lowest BCUT2D eigenvalue weighted by molar-refractivity contribution is 0.139. The highest BCUT2D eigenvalue weighted by Crippen LogP contribution is 2.28. The van der Waals surface area contributed by atoms with Gasteiger partial charge in [-0.1, -0.05) is 17.7 Å². The highest BCUT2D eigenvalue weighted by Gasteiger charge is 2.15. The largest absolute Gasteiger partial charge is 0.449 e. The molecule has 2 rings (SSSR count). The fourth-order valence-electron chi connectivity index (χ4n) is 2.22. The molecule has 0 aliphatic carbocycles. The van der Waals surface area contributed by atoms with Gasteiger partial charge in [0.2, 0.25) is 0 Å². The molecule has 0 unspecified atom stereocenters. The Morgan fingerprint density at radius 2 is 2.14 bits per heavy atom. The van der Waals surface area contributed by atoms with E-state index < -0.39 is 6.09 Å². The highest BCUT2D eigenvalue weighted by atomic mass is 35.5. The van der Waals surface area contributed by atoms with Crippen molar-refractivity contribution in [3.8, 4) is 0 Å². The Kier molecular flexibility index (Phi) is 4.91. The Balaban J connectivity index is 2.06. The van der Waals surface area contributed by atoms with Crippen LogP contribution in [0.25, 0.3) is 10.9 Å². The van der Waals surface area contributed by atoms with Crippen LogP contribution >= 0.6 is 11.6 Å². The van der Waals surface area contributed by atoms with Gasteiger partial charge in [0, 0.05) is 28.6 Å². The average molecular weight is 321 g/mol.